The van der Waals surface area contributed by atoms with Crippen LogP contribution in [0, 0.1) is 34.4 Å². The van der Waals surface area contributed by atoms with Crippen LogP contribution in [0.2, 0.25) is 5.02 Å². The molecule has 6 bridgehead atoms. The van der Waals surface area contributed by atoms with Crippen LogP contribution in [0.15, 0.2) is 78.4 Å². The Hall–Kier alpha value is -2.91. The lowest BCUT2D eigenvalue weighted by Gasteiger charge is -2.58. The molecule has 0 aliphatic heterocycles. The highest BCUT2D eigenvalue weighted by Crippen LogP contribution is 2.62. The quantitative estimate of drug-likeness (QED) is 0.118. The van der Waals surface area contributed by atoms with Crippen LogP contribution in [-0.4, -0.2) is 70.1 Å². The third-order valence-electron chi connectivity index (χ3n) is 15.5. The summed E-state index contributed by atoms with van der Waals surface area (Å²) in [6, 6.07) is 20.5. The van der Waals surface area contributed by atoms with E-state index in [1.165, 1.54) is 50.2 Å². The fourth-order valence-electron chi connectivity index (χ4n) is 12.9. The van der Waals surface area contributed by atoms with Gasteiger partial charge in [-0.3, -0.25) is 9.69 Å². The molecule has 10 rings (SSSR count). The Kier molecular flexibility index (Phi) is 12.9. The summed E-state index contributed by atoms with van der Waals surface area (Å²) in [7, 11) is 0. The number of nitrogens with zero attached hydrogens (tertiary/aromatic N) is 1. The Labute approximate surface area is 356 Å². The number of aliphatic hydroxyl groups is 3. The van der Waals surface area contributed by atoms with Crippen molar-refractivity contribution >= 4 is 17.4 Å². The molecular formula is C51H65ClFNO5. The molecule has 5 atom stereocenters. The van der Waals surface area contributed by atoms with Crippen molar-refractivity contribution in [2.45, 2.75) is 134 Å². The number of hydrogen-bond acceptors (Lipinski definition) is 6. The van der Waals surface area contributed by atoms with Gasteiger partial charge in [-0.05, 0) is 154 Å². The van der Waals surface area contributed by atoms with Crippen LogP contribution in [-0.2, 0) is 24.2 Å². The summed E-state index contributed by atoms with van der Waals surface area (Å²) in [4.78, 5) is 16.9. The first-order valence-electron chi connectivity index (χ1n) is 22.5. The highest BCUT2D eigenvalue weighted by atomic mass is 35.5. The van der Waals surface area contributed by atoms with Crippen LogP contribution in [0.25, 0.3) is 0 Å². The zero-order chi connectivity index (χ0) is 41.4. The molecule has 7 aliphatic rings. The lowest BCUT2D eigenvalue weighted by Crippen LogP contribution is -2.57. The van der Waals surface area contributed by atoms with Crippen LogP contribution in [0.1, 0.15) is 129 Å². The van der Waals surface area contributed by atoms with E-state index in [4.69, 9.17) is 16.3 Å². The number of ketones is 1. The van der Waals surface area contributed by atoms with Crippen molar-refractivity contribution in [3.63, 3.8) is 0 Å². The number of Topliss-reactive ketones (excluding diaryl/α,β-unsaturated/α-hetero) is 1. The maximum absolute atomic E-state index is 15.1. The van der Waals surface area contributed by atoms with E-state index in [0.717, 1.165) is 53.8 Å². The Morgan fingerprint density at radius 3 is 2.41 bits per heavy atom. The average molecular weight is 827 g/mol. The van der Waals surface area contributed by atoms with Crippen molar-refractivity contribution in [2.24, 2.45) is 28.6 Å². The van der Waals surface area contributed by atoms with E-state index in [9.17, 15) is 20.1 Å². The second kappa shape index (κ2) is 17.8. The summed E-state index contributed by atoms with van der Waals surface area (Å²) in [5.74, 6) is 1.48. The van der Waals surface area contributed by atoms with Gasteiger partial charge in [0.1, 0.15) is 5.82 Å². The topological polar surface area (TPSA) is 90.2 Å². The molecule has 5 saturated carbocycles. The van der Waals surface area contributed by atoms with Gasteiger partial charge in [0.2, 0.25) is 0 Å². The number of halogens is 2. The van der Waals surface area contributed by atoms with Crippen LogP contribution in [0.5, 0.6) is 0 Å². The van der Waals surface area contributed by atoms with E-state index in [1.54, 1.807) is 12.1 Å². The monoisotopic (exact) mass is 825 g/mol. The first kappa shape index (κ1) is 42.8. The number of rotatable bonds is 13. The number of ether oxygens (including phenoxy) is 1. The van der Waals surface area contributed by atoms with Gasteiger partial charge in [0.15, 0.2) is 5.78 Å². The number of allylic oxidation sites excluding steroid dienone is 2. The highest BCUT2D eigenvalue weighted by Gasteiger charge is 2.58. The summed E-state index contributed by atoms with van der Waals surface area (Å²) in [6.45, 7) is 6.71. The minimum Gasteiger partial charge on any atom is -0.393 e. The normalized spacial score (nSPS) is 32.2. The number of hydrogen-bond donors (Lipinski definition) is 3. The predicted octanol–water partition coefficient (Wildman–Crippen LogP) is 10.0. The first-order chi connectivity index (χ1) is 28.3. The standard InChI is InChI=1S/C51H65ClFNO5/c1-34-8-7-18-49(2)45(42-16-14-36(23-40(55)15-13-34)24-43(42)48(57)25-44-46(52)11-6-12-47(44)53)17-19-51(49,58)33-54(29-41(56)31-59-30-35-9-4-3-5-10-35)32-50-26-37-20-38(27-50)22-39(21-37)28-50/h3-6,8-12,14,16,24,37-41,45,55-56,58H,7,13,15,17-23,25-33H2,1-2H3. The maximum atomic E-state index is 15.1. The lowest BCUT2D eigenvalue weighted by molar-refractivity contribution is -0.115. The van der Waals surface area contributed by atoms with Crippen molar-refractivity contribution in [3.8, 4) is 0 Å². The molecule has 5 unspecified atom stereocenters. The van der Waals surface area contributed by atoms with Gasteiger partial charge in [0, 0.05) is 47.6 Å². The van der Waals surface area contributed by atoms with Crippen molar-refractivity contribution in [1.82, 2.24) is 4.90 Å². The van der Waals surface area contributed by atoms with Crippen molar-refractivity contribution in [2.75, 3.05) is 26.2 Å². The molecule has 0 amide bonds. The zero-order valence-corrected chi connectivity index (χ0v) is 35.9. The molecule has 5 fully saturated rings. The number of aliphatic hydroxyl groups excluding tert-OH is 2. The third kappa shape index (κ3) is 9.46. The van der Waals surface area contributed by atoms with Gasteiger partial charge in [-0.1, -0.05) is 78.7 Å². The maximum Gasteiger partial charge on any atom is 0.167 e. The van der Waals surface area contributed by atoms with E-state index in [1.807, 2.05) is 48.5 Å². The number of carbonyl (C=O) groups excluding carboxylic acids is 1. The fraction of sp³-hybridized carbons (Fsp3) is 0.588. The van der Waals surface area contributed by atoms with Crippen LogP contribution < -0.4 is 0 Å². The van der Waals surface area contributed by atoms with E-state index in [2.05, 4.69) is 24.8 Å². The molecule has 0 radical (unpaired) electrons. The SMILES string of the molecule is CC1=CCCC2(C)C(CCC2(O)CN(CC(O)COCc2ccccc2)CC23CC4CC(CC(C4)C2)C3)c2ccc(cc2C(=O)Cc2c(F)cccc2Cl)CC(O)CC1. The van der Waals surface area contributed by atoms with Gasteiger partial charge in [-0.2, -0.15) is 0 Å². The average Bonchev–Trinajstić information content (AvgIpc) is 3.43. The molecule has 6 nitrogen and oxygen atoms in total. The van der Waals surface area contributed by atoms with Crippen LogP contribution >= 0.6 is 11.6 Å². The predicted molar refractivity (Wildman–Crippen MR) is 232 cm³/mol. The van der Waals surface area contributed by atoms with Gasteiger partial charge in [-0.25, -0.2) is 4.39 Å². The number of carbonyl (C=O) groups is 1. The first-order valence-corrected chi connectivity index (χ1v) is 22.9. The third-order valence-corrected chi connectivity index (χ3v) is 15.8. The second-order valence-electron chi connectivity index (χ2n) is 20.0. The van der Waals surface area contributed by atoms with Crippen molar-refractivity contribution in [3.05, 3.63) is 117 Å². The van der Waals surface area contributed by atoms with Crippen LogP contribution in [0.4, 0.5) is 4.39 Å². The largest absolute Gasteiger partial charge is 0.393 e. The summed E-state index contributed by atoms with van der Waals surface area (Å²) in [5.41, 5.74) is 3.20. The second-order valence-corrected chi connectivity index (χ2v) is 20.4. The molecule has 318 valence electrons. The minimum atomic E-state index is -1.12. The van der Waals surface area contributed by atoms with E-state index in [-0.39, 0.29) is 40.7 Å². The highest BCUT2D eigenvalue weighted by molar-refractivity contribution is 6.31. The molecule has 3 aromatic rings. The molecule has 0 spiro atoms. The smallest absolute Gasteiger partial charge is 0.167 e. The Balaban J connectivity index is 1.12. The zero-order valence-electron chi connectivity index (χ0n) is 35.2. The van der Waals surface area contributed by atoms with E-state index >= 15 is 4.39 Å². The van der Waals surface area contributed by atoms with E-state index in [0.29, 0.717) is 57.4 Å². The molecule has 0 aromatic heterocycles. The van der Waals surface area contributed by atoms with Gasteiger partial charge in [-0.15, -0.1) is 0 Å². The van der Waals surface area contributed by atoms with Crippen LogP contribution in [0.3, 0.4) is 0 Å². The molecule has 0 saturated heterocycles. The van der Waals surface area contributed by atoms with E-state index < -0.39 is 29.0 Å². The molecule has 0 heterocycles. The van der Waals surface area contributed by atoms with Crippen molar-refractivity contribution < 1.29 is 29.2 Å². The molecule has 7 aliphatic carbocycles. The molecule has 59 heavy (non-hydrogen) atoms. The number of fused-ring (bicyclic) bond motifs is 8. The van der Waals surface area contributed by atoms with Gasteiger partial charge in [0.05, 0.1) is 31.0 Å². The van der Waals surface area contributed by atoms with Gasteiger partial charge < -0.3 is 20.1 Å². The Morgan fingerprint density at radius 1 is 0.966 bits per heavy atom. The molecular weight excluding hydrogens is 761 g/mol. The summed E-state index contributed by atoms with van der Waals surface area (Å²) in [5, 5.41) is 36.3. The molecule has 8 heteroatoms. The Bertz CT molecular complexity index is 1930. The lowest BCUT2D eigenvalue weighted by atomic mass is 9.49. The molecule has 3 aromatic carbocycles. The Morgan fingerprint density at radius 2 is 1.69 bits per heavy atom. The van der Waals surface area contributed by atoms with Crippen molar-refractivity contribution in [1.29, 1.82) is 0 Å². The van der Waals surface area contributed by atoms with Gasteiger partial charge >= 0.3 is 0 Å². The number of benzene rings is 3. The fourth-order valence-corrected chi connectivity index (χ4v) is 13.2. The van der Waals surface area contributed by atoms with Gasteiger partial charge in [0.25, 0.3) is 0 Å². The summed E-state index contributed by atoms with van der Waals surface area (Å²) >= 11 is 6.46. The summed E-state index contributed by atoms with van der Waals surface area (Å²) in [6.07, 6.45) is 13.1. The summed E-state index contributed by atoms with van der Waals surface area (Å²) < 4.78 is 21.2. The molecule has 3 N–H and O–H groups in total. The minimum absolute atomic E-state index is 0.154.